The molecule has 0 spiro atoms. The predicted molar refractivity (Wildman–Crippen MR) is 69.3 cm³/mol. The third-order valence-electron chi connectivity index (χ3n) is 2.65. The maximum absolute atomic E-state index is 5.93. The van der Waals surface area contributed by atoms with E-state index in [1.54, 1.807) is 12.5 Å². The molecule has 0 aliphatic rings. The molecule has 2 rings (SSSR count). The van der Waals surface area contributed by atoms with Crippen LogP contribution >= 0.6 is 11.6 Å². The summed E-state index contributed by atoms with van der Waals surface area (Å²) in [6.07, 6.45) is 5.28. The molecule has 0 unspecified atom stereocenters. The average Bonchev–Trinajstić information content (AvgIpc) is 2.81. The summed E-state index contributed by atoms with van der Waals surface area (Å²) in [7, 11) is 2.04. The quantitative estimate of drug-likeness (QED) is 0.780. The van der Waals surface area contributed by atoms with Crippen LogP contribution in [0.5, 0.6) is 0 Å². The number of hydrogen-bond donors (Lipinski definition) is 0. The Labute approximate surface area is 106 Å². The summed E-state index contributed by atoms with van der Waals surface area (Å²) in [5.74, 6) is 0.471. The van der Waals surface area contributed by atoms with Gasteiger partial charge in [-0.25, -0.2) is 0 Å². The highest BCUT2D eigenvalue weighted by atomic mass is 35.5. The average molecular weight is 251 g/mol. The zero-order chi connectivity index (χ0) is 12.3. The van der Waals surface area contributed by atoms with Crippen molar-refractivity contribution in [2.24, 2.45) is 0 Å². The van der Waals surface area contributed by atoms with E-state index in [0.29, 0.717) is 5.88 Å². The van der Waals surface area contributed by atoms with Gasteiger partial charge in [-0.05, 0) is 19.1 Å². The molecule has 2 heterocycles. The van der Waals surface area contributed by atoms with Gasteiger partial charge in [0.15, 0.2) is 0 Å². The fourth-order valence-corrected chi connectivity index (χ4v) is 1.98. The number of nitrogens with zero attached hydrogens (tertiary/aromatic N) is 2. The second-order valence-electron chi connectivity index (χ2n) is 4.08. The van der Waals surface area contributed by atoms with Crippen LogP contribution in [0.15, 0.2) is 35.3 Å². The third kappa shape index (κ3) is 2.80. The Balaban J connectivity index is 2.23. The molecule has 0 saturated carbocycles. The van der Waals surface area contributed by atoms with E-state index in [2.05, 4.69) is 16.0 Å². The van der Waals surface area contributed by atoms with Crippen LogP contribution in [0, 0.1) is 6.92 Å². The van der Waals surface area contributed by atoms with E-state index in [0.717, 1.165) is 29.1 Å². The first-order valence-electron chi connectivity index (χ1n) is 5.44. The minimum Gasteiger partial charge on any atom is -0.472 e. The Hall–Kier alpha value is -1.48. The lowest BCUT2D eigenvalue weighted by molar-refractivity contribution is 0.563. The number of alkyl halides is 1. The van der Waals surface area contributed by atoms with Gasteiger partial charge >= 0.3 is 0 Å². The van der Waals surface area contributed by atoms with Crippen LogP contribution < -0.4 is 4.90 Å². The molecular formula is C13H15ClN2O. The van der Waals surface area contributed by atoms with Crippen LogP contribution in [0.4, 0.5) is 5.69 Å². The van der Waals surface area contributed by atoms with E-state index >= 15 is 0 Å². The first kappa shape index (κ1) is 12.0. The zero-order valence-electron chi connectivity index (χ0n) is 9.98. The van der Waals surface area contributed by atoms with E-state index in [9.17, 15) is 0 Å². The topological polar surface area (TPSA) is 29.3 Å². The van der Waals surface area contributed by atoms with Gasteiger partial charge in [-0.3, -0.25) is 4.98 Å². The van der Waals surface area contributed by atoms with Gasteiger partial charge in [0.25, 0.3) is 0 Å². The van der Waals surface area contributed by atoms with Crippen molar-refractivity contribution in [1.82, 2.24) is 4.98 Å². The Kier molecular flexibility index (Phi) is 3.69. The molecule has 3 nitrogen and oxygen atoms in total. The number of furan rings is 1. The maximum atomic E-state index is 5.93. The highest BCUT2D eigenvalue weighted by Crippen LogP contribution is 2.23. The molecule has 17 heavy (non-hydrogen) atoms. The number of rotatable bonds is 4. The summed E-state index contributed by atoms with van der Waals surface area (Å²) in [5.41, 5.74) is 4.30. The summed E-state index contributed by atoms with van der Waals surface area (Å²) in [6, 6.07) is 4.02. The number of hydrogen-bond acceptors (Lipinski definition) is 3. The lowest BCUT2D eigenvalue weighted by Crippen LogP contribution is -2.17. The molecule has 0 aliphatic carbocycles. The molecule has 0 saturated heterocycles. The second-order valence-corrected chi connectivity index (χ2v) is 4.34. The molecule has 0 fully saturated rings. The van der Waals surface area contributed by atoms with Crippen molar-refractivity contribution in [1.29, 1.82) is 0 Å². The normalized spacial score (nSPS) is 10.5. The Morgan fingerprint density at radius 3 is 2.94 bits per heavy atom. The molecule has 90 valence electrons. The fourth-order valence-electron chi connectivity index (χ4n) is 1.77. The van der Waals surface area contributed by atoms with Crippen LogP contribution in [-0.2, 0) is 12.4 Å². The number of aromatic nitrogens is 1. The van der Waals surface area contributed by atoms with Crippen molar-refractivity contribution in [3.05, 3.63) is 47.7 Å². The van der Waals surface area contributed by atoms with Crippen molar-refractivity contribution in [3.8, 4) is 0 Å². The van der Waals surface area contributed by atoms with E-state index in [1.165, 1.54) is 0 Å². The SMILES string of the molecule is Cc1cc(N(C)Cc2ccoc2)c(CCl)cn1. The van der Waals surface area contributed by atoms with Crippen LogP contribution in [0.1, 0.15) is 16.8 Å². The standard InChI is InChI=1S/C13H15ClN2O/c1-10-5-13(12(6-14)7-15-10)16(2)8-11-3-4-17-9-11/h3-5,7,9H,6,8H2,1-2H3. The Bertz CT molecular complexity index is 482. The Morgan fingerprint density at radius 1 is 1.47 bits per heavy atom. The third-order valence-corrected chi connectivity index (χ3v) is 2.94. The molecule has 0 aliphatic heterocycles. The number of halogens is 1. The number of aryl methyl sites for hydroxylation is 1. The van der Waals surface area contributed by atoms with Crippen molar-refractivity contribution < 1.29 is 4.42 Å². The van der Waals surface area contributed by atoms with Crippen LogP contribution in [-0.4, -0.2) is 12.0 Å². The van der Waals surface area contributed by atoms with Gasteiger partial charge in [0, 0.05) is 42.3 Å². The summed E-state index contributed by atoms with van der Waals surface area (Å²) in [6.45, 7) is 2.77. The summed E-state index contributed by atoms with van der Waals surface area (Å²) < 4.78 is 5.07. The summed E-state index contributed by atoms with van der Waals surface area (Å²) in [5, 5.41) is 0. The van der Waals surface area contributed by atoms with E-state index in [4.69, 9.17) is 16.0 Å². The van der Waals surface area contributed by atoms with Crippen LogP contribution in [0.2, 0.25) is 0 Å². The fraction of sp³-hybridized carbons (Fsp3) is 0.308. The lowest BCUT2D eigenvalue weighted by Gasteiger charge is -2.21. The molecule has 0 aromatic carbocycles. The van der Waals surface area contributed by atoms with E-state index in [-0.39, 0.29) is 0 Å². The molecule has 2 aromatic heterocycles. The molecular weight excluding hydrogens is 236 g/mol. The molecule has 4 heteroatoms. The Morgan fingerprint density at radius 2 is 2.29 bits per heavy atom. The van der Waals surface area contributed by atoms with Gasteiger partial charge < -0.3 is 9.32 Å². The number of pyridine rings is 1. The number of anilines is 1. The highest BCUT2D eigenvalue weighted by molar-refractivity contribution is 6.17. The maximum Gasteiger partial charge on any atom is 0.0952 e. The van der Waals surface area contributed by atoms with Crippen LogP contribution in [0.25, 0.3) is 0 Å². The van der Waals surface area contributed by atoms with E-state index in [1.807, 2.05) is 26.2 Å². The van der Waals surface area contributed by atoms with Gasteiger partial charge in [0.05, 0.1) is 18.4 Å². The molecule has 0 bridgehead atoms. The minimum atomic E-state index is 0.471. The minimum absolute atomic E-state index is 0.471. The van der Waals surface area contributed by atoms with Gasteiger partial charge in [0.1, 0.15) is 0 Å². The molecule has 0 atom stereocenters. The highest BCUT2D eigenvalue weighted by Gasteiger charge is 2.09. The molecule has 2 aromatic rings. The van der Waals surface area contributed by atoms with Gasteiger partial charge in [-0.1, -0.05) is 0 Å². The lowest BCUT2D eigenvalue weighted by atomic mass is 10.2. The molecule has 0 amide bonds. The monoisotopic (exact) mass is 250 g/mol. The van der Waals surface area contributed by atoms with Crippen molar-refractivity contribution in [3.63, 3.8) is 0 Å². The predicted octanol–water partition coefficient (Wildman–Crippen LogP) is 3.36. The molecule has 0 radical (unpaired) electrons. The van der Waals surface area contributed by atoms with Crippen molar-refractivity contribution in [2.45, 2.75) is 19.3 Å². The van der Waals surface area contributed by atoms with Crippen molar-refractivity contribution in [2.75, 3.05) is 11.9 Å². The molecule has 0 N–H and O–H groups in total. The largest absolute Gasteiger partial charge is 0.472 e. The zero-order valence-corrected chi connectivity index (χ0v) is 10.7. The van der Waals surface area contributed by atoms with E-state index < -0.39 is 0 Å². The summed E-state index contributed by atoms with van der Waals surface area (Å²) in [4.78, 5) is 6.41. The van der Waals surface area contributed by atoms with Crippen LogP contribution in [0.3, 0.4) is 0 Å². The van der Waals surface area contributed by atoms with Crippen molar-refractivity contribution >= 4 is 17.3 Å². The van der Waals surface area contributed by atoms with Gasteiger partial charge in [-0.2, -0.15) is 0 Å². The van der Waals surface area contributed by atoms with Gasteiger partial charge in [-0.15, -0.1) is 11.6 Å². The first-order valence-corrected chi connectivity index (χ1v) is 5.98. The first-order chi connectivity index (χ1) is 8.20. The second kappa shape index (κ2) is 5.23. The van der Waals surface area contributed by atoms with Gasteiger partial charge in [0.2, 0.25) is 0 Å². The summed E-state index contributed by atoms with van der Waals surface area (Å²) >= 11 is 5.93. The smallest absolute Gasteiger partial charge is 0.0952 e.